The first kappa shape index (κ1) is 26.2. The van der Waals surface area contributed by atoms with E-state index < -0.39 is 24.1 Å². The van der Waals surface area contributed by atoms with Gasteiger partial charge in [-0.05, 0) is 70.4 Å². The summed E-state index contributed by atoms with van der Waals surface area (Å²) < 4.78 is 43.1. The standard InChI is InChI=1S/C26H33F3N4O3/c1-3-36-24(35)32-16-25(17-32)20-11-13-30-14-22(20)33(23(25)34)15-19(9-6-7-12-26(27,28)29)31-21-10-5-4-8-18(21)2/h11,13-14H,3-10,12,15-17H2,1-2H3. The lowest BCUT2D eigenvalue weighted by Crippen LogP contribution is -2.65. The SMILES string of the molecule is CCOC(=O)N1CC2(C1)C(=O)N(CC(CCCCC(F)(F)F)=NC1=C(C)CCCC1)c1cnccc12. The number of hydrogen-bond acceptors (Lipinski definition) is 5. The zero-order valence-electron chi connectivity index (χ0n) is 20.9. The molecule has 0 radical (unpaired) electrons. The largest absolute Gasteiger partial charge is 0.450 e. The molecule has 10 heteroatoms. The van der Waals surface area contributed by atoms with Gasteiger partial charge in [-0.2, -0.15) is 13.2 Å². The molecule has 2 amide bonds. The van der Waals surface area contributed by atoms with Gasteiger partial charge in [0.1, 0.15) is 5.41 Å². The molecule has 1 fully saturated rings. The highest BCUT2D eigenvalue weighted by Gasteiger charge is 2.59. The number of carbonyl (C=O) groups excluding carboxylic acids is 2. The molecule has 1 aromatic rings. The first-order chi connectivity index (χ1) is 17.1. The monoisotopic (exact) mass is 506 g/mol. The summed E-state index contributed by atoms with van der Waals surface area (Å²) in [5.74, 6) is -0.136. The molecule has 2 aliphatic heterocycles. The second kappa shape index (κ2) is 10.6. The maximum absolute atomic E-state index is 13.7. The fourth-order valence-corrected chi connectivity index (χ4v) is 5.29. The van der Waals surface area contributed by atoms with Crippen molar-refractivity contribution < 1.29 is 27.5 Å². The van der Waals surface area contributed by atoms with E-state index in [1.165, 1.54) is 10.5 Å². The summed E-state index contributed by atoms with van der Waals surface area (Å²) in [6.45, 7) is 4.68. The number of allylic oxidation sites excluding steroid dienone is 2. The van der Waals surface area contributed by atoms with Crippen molar-refractivity contribution in [3.8, 4) is 0 Å². The van der Waals surface area contributed by atoms with Gasteiger partial charge in [-0.25, -0.2) is 4.79 Å². The van der Waals surface area contributed by atoms with Crippen LogP contribution in [0.25, 0.3) is 0 Å². The molecule has 0 atom stereocenters. The van der Waals surface area contributed by atoms with Crippen LogP contribution in [0.1, 0.15) is 70.8 Å². The molecule has 196 valence electrons. The Hall–Kier alpha value is -2.91. The van der Waals surface area contributed by atoms with E-state index in [1.807, 2.05) is 13.0 Å². The Morgan fingerprint density at radius 3 is 2.67 bits per heavy atom. The van der Waals surface area contributed by atoms with Crippen LogP contribution in [0.2, 0.25) is 0 Å². The zero-order valence-corrected chi connectivity index (χ0v) is 20.9. The van der Waals surface area contributed by atoms with Crippen molar-refractivity contribution in [2.75, 3.05) is 31.1 Å². The van der Waals surface area contributed by atoms with Crippen LogP contribution in [-0.4, -0.2) is 60.0 Å². The van der Waals surface area contributed by atoms with E-state index in [-0.39, 0.29) is 38.6 Å². The average molecular weight is 507 g/mol. The normalized spacial score (nSPS) is 19.6. The van der Waals surface area contributed by atoms with Crippen LogP contribution in [0.3, 0.4) is 0 Å². The molecule has 0 saturated carbocycles. The second-order valence-electron chi connectivity index (χ2n) is 9.86. The van der Waals surface area contributed by atoms with Gasteiger partial charge in [0.05, 0.1) is 25.0 Å². The van der Waals surface area contributed by atoms with Crippen molar-refractivity contribution in [2.45, 2.75) is 76.8 Å². The number of likely N-dealkylation sites (tertiary alicyclic amines) is 1. The fourth-order valence-electron chi connectivity index (χ4n) is 5.29. The highest BCUT2D eigenvalue weighted by atomic mass is 19.4. The number of pyridine rings is 1. The van der Waals surface area contributed by atoms with Gasteiger partial charge in [0.25, 0.3) is 0 Å². The van der Waals surface area contributed by atoms with Crippen molar-refractivity contribution in [3.05, 3.63) is 35.3 Å². The van der Waals surface area contributed by atoms with Gasteiger partial charge in [0.15, 0.2) is 0 Å². The van der Waals surface area contributed by atoms with Crippen molar-refractivity contribution in [1.29, 1.82) is 0 Å². The fraction of sp³-hybridized carbons (Fsp3) is 0.615. The molecular weight excluding hydrogens is 473 g/mol. The first-order valence-corrected chi connectivity index (χ1v) is 12.6. The molecule has 1 saturated heterocycles. The number of fused-ring (bicyclic) bond motifs is 2. The van der Waals surface area contributed by atoms with Crippen LogP contribution in [0.5, 0.6) is 0 Å². The van der Waals surface area contributed by atoms with E-state index in [4.69, 9.17) is 9.73 Å². The summed E-state index contributed by atoms with van der Waals surface area (Å²) in [6.07, 6.45) is 2.49. The minimum absolute atomic E-state index is 0.0189. The van der Waals surface area contributed by atoms with Gasteiger partial charge in [0.2, 0.25) is 5.91 Å². The number of nitrogens with zero attached hydrogens (tertiary/aromatic N) is 4. The molecule has 36 heavy (non-hydrogen) atoms. The topological polar surface area (TPSA) is 75.1 Å². The second-order valence-corrected chi connectivity index (χ2v) is 9.86. The summed E-state index contributed by atoms with van der Waals surface area (Å²) in [6, 6.07) is 1.81. The van der Waals surface area contributed by atoms with E-state index in [0.717, 1.165) is 36.9 Å². The lowest BCUT2D eigenvalue weighted by atomic mass is 9.75. The molecule has 0 N–H and O–H groups in total. The number of unbranched alkanes of at least 4 members (excludes halogenated alkanes) is 1. The number of amides is 2. The van der Waals surface area contributed by atoms with Crippen LogP contribution in [-0.2, 0) is 14.9 Å². The van der Waals surface area contributed by atoms with Gasteiger partial charge < -0.3 is 14.5 Å². The third-order valence-corrected chi connectivity index (χ3v) is 7.23. The molecule has 1 spiro atoms. The Labute approximate surface area is 209 Å². The van der Waals surface area contributed by atoms with E-state index in [1.54, 1.807) is 24.2 Å². The average Bonchev–Trinajstić information content (AvgIpc) is 3.04. The molecule has 0 unspecified atom stereocenters. The number of rotatable bonds is 8. The molecule has 7 nitrogen and oxygen atoms in total. The quantitative estimate of drug-likeness (QED) is 0.342. The number of hydrogen-bond donors (Lipinski definition) is 0. The lowest BCUT2D eigenvalue weighted by molar-refractivity contribution is -0.135. The third-order valence-electron chi connectivity index (χ3n) is 7.23. The number of alkyl halides is 3. The predicted octanol–water partition coefficient (Wildman–Crippen LogP) is 5.55. The zero-order chi connectivity index (χ0) is 25.9. The van der Waals surface area contributed by atoms with Crippen LogP contribution < -0.4 is 4.90 Å². The van der Waals surface area contributed by atoms with Crippen LogP contribution in [0.4, 0.5) is 23.7 Å². The minimum Gasteiger partial charge on any atom is -0.450 e. The van der Waals surface area contributed by atoms with E-state index >= 15 is 0 Å². The van der Waals surface area contributed by atoms with Crippen molar-refractivity contribution in [1.82, 2.24) is 9.88 Å². The summed E-state index contributed by atoms with van der Waals surface area (Å²) in [7, 11) is 0. The third kappa shape index (κ3) is 5.42. The first-order valence-electron chi connectivity index (χ1n) is 12.6. The molecule has 4 rings (SSSR count). The number of aliphatic imine (C=N–C) groups is 1. The Kier molecular flexibility index (Phi) is 7.70. The van der Waals surface area contributed by atoms with Crippen molar-refractivity contribution in [3.63, 3.8) is 0 Å². The molecule has 1 aliphatic carbocycles. The van der Waals surface area contributed by atoms with Gasteiger partial charge in [-0.1, -0.05) is 5.57 Å². The summed E-state index contributed by atoms with van der Waals surface area (Å²) in [5, 5.41) is 0. The maximum atomic E-state index is 13.7. The summed E-state index contributed by atoms with van der Waals surface area (Å²) in [5.41, 5.74) is 3.51. The molecule has 1 aromatic heterocycles. The summed E-state index contributed by atoms with van der Waals surface area (Å²) >= 11 is 0. The lowest BCUT2D eigenvalue weighted by Gasteiger charge is -2.45. The van der Waals surface area contributed by atoms with Gasteiger partial charge >= 0.3 is 12.3 Å². The number of halogens is 3. The highest BCUT2D eigenvalue weighted by molar-refractivity contribution is 6.12. The van der Waals surface area contributed by atoms with E-state index in [2.05, 4.69) is 4.98 Å². The minimum atomic E-state index is -4.18. The molecular formula is C26H33F3N4O3. The Bertz CT molecular complexity index is 1060. The predicted molar refractivity (Wildman–Crippen MR) is 130 cm³/mol. The van der Waals surface area contributed by atoms with Gasteiger partial charge in [-0.3, -0.25) is 14.8 Å². The number of ether oxygens (including phenoxy) is 1. The van der Waals surface area contributed by atoms with E-state index in [0.29, 0.717) is 24.2 Å². The summed E-state index contributed by atoms with van der Waals surface area (Å²) in [4.78, 5) is 38.2. The maximum Gasteiger partial charge on any atom is 0.409 e. The van der Waals surface area contributed by atoms with Gasteiger partial charge in [-0.15, -0.1) is 0 Å². The smallest absolute Gasteiger partial charge is 0.409 e. The van der Waals surface area contributed by atoms with E-state index in [9.17, 15) is 22.8 Å². The Morgan fingerprint density at radius 2 is 1.97 bits per heavy atom. The Balaban J connectivity index is 1.56. The van der Waals surface area contributed by atoms with Crippen LogP contribution >= 0.6 is 0 Å². The number of aromatic nitrogens is 1. The molecule has 0 aromatic carbocycles. The number of carbonyl (C=O) groups is 2. The number of anilines is 1. The van der Waals surface area contributed by atoms with Gasteiger partial charge in [0, 0.05) is 37.1 Å². The molecule has 3 aliphatic rings. The highest BCUT2D eigenvalue weighted by Crippen LogP contribution is 2.47. The molecule has 0 bridgehead atoms. The molecule has 3 heterocycles. The van der Waals surface area contributed by atoms with Crippen molar-refractivity contribution >= 4 is 23.4 Å². The van der Waals surface area contributed by atoms with Crippen LogP contribution in [0.15, 0.2) is 34.7 Å². The van der Waals surface area contributed by atoms with Crippen molar-refractivity contribution in [2.24, 2.45) is 4.99 Å². The van der Waals surface area contributed by atoms with Crippen LogP contribution in [0, 0.1) is 0 Å². The Morgan fingerprint density at radius 1 is 1.22 bits per heavy atom.